The maximum absolute atomic E-state index is 11.1. The van der Waals surface area contributed by atoms with Crippen molar-refractivity contribution in [2.75, 3.05) is 0 Å². The molecule has 0 aliphatic carbocycles. The smallest absolute Gasteiger partial charge is 0.282 e. The minimum atomic E-state index is -4.15. The molecule has 0 saturated carbocycles. The van der Waals surface area contributed by atoms with Crippen LogP contribution in [-0.4, -0.2) is 64.4 Å². The van der Waals surface area contributed by atoms with Crippen molar-refractivity contribution < 1.29 is 13.0 Å². The predicted molar refractivity (Wildman–Crippen MR) is 64.3 cm³/mol. The van der Waals surface area contributed by atoms with Crippen molar-refractivity contribution in [1.82, 2.24) is 0 Å². The summed E-state index contributed by atoms with van der Waals surface area (Å²) in [6, 6.07) is 10.2. The molecule has 0 unspecified atom stereocenters. The zero-order chi connectivity index (χ0) is 11.1. The Morgan fingerprint density at radius 3 is 2.12 bits per heavy atom. The van der Waals surface area contributed by atoms with Gasteiger partial charge in [0.25, 0.3) is 10.1 Å². The van der Waals surface area contributed by atoms with Crippen LogP contribution in [0.5, 0.6) is 0 Å². The van der Waals surface area contributed by atoms with E-state index in [0.29, 0.717) is 5.39 Å². The van der Waals surface area contributed by atoms with Gasteiger partial charge in [0.05, 0.1) is 0 Å². The molecule has 0 saturated heterocycles. The third kappa shape index (κ3) is 2.73. The van der Waals surface area contributed by atoms with Gasteiger partial charge in [-0.15, -0.1) is 0 Å². The molecule has 0 atom stereocenters. The Morgan fingerprint density at radius 1 is 1.00 bits per heavy atom. The molecule has 0 bridgehead atoms. The molecule has 79 valence electrons. The standard InChI is InChI=1S/C11H10O3S.K/c1-8-6-7-11(15(12,13)14)10-5-3-2-4-9(8)10;/h2-7H,1H3,(H,12,13,14);. The Labute approximate surface area is 137 Å². The van der Waals surface area contributed by atoms with Crippen molar-refractivity contribution in [3.05, 3.63) is 42.0 Å². The molecule has 0 aromatic heterocycles. The quantitative estimate of drug-likeness (QED) is 0.631. The Hall–Kier alpha value is 0.246. The number of hydrogen-bond donors (Lipinski definition) is 1. The van der Waals surface area contributed by atoms with Crippen LogP contribution in [-0.2, 0) is 10.1 Å². The molecule has 2 aromatic carbocycles. The minimum absolute atomic E-state index is 0. The van der Waals surface area contributed by atoms with Gasteiger partial charge in [-0.3, -0.25) is 4.55 Å². The van der Waals surface area contributed by atoms with Gasteiger partial charge in [-0.25, -0.2) is 0 Å². The van der Waals surface area contributed by atoms with E-state index >= 15 is 0 Å². The first-order chi connectivity index (χ1) is 7.00. The van der Waals surface area contributed by atoms with Crippen molar-refractivity contribution in [3.8, 4) is 0 Å². The van der Waals surface area contributed by atoms with Crippen LogP contribution in [0, 0.1) is 6.92 Å². The molecule has 0 spiro atoms. The number of rotatable bonds is 1. The van der Waals surface area contributed by atoms with Gasteiger partial charge in [-0.2, -0.15) is 8.42 Å². The van der Waals surface area contributed by atoms with Crippen LogP contribution >= 0.6 is 0 Å². The summed E-state index contributed by atoms with van der Waals surface area (Å²) in [4.78, 5) is -0.0382. The fourth-order valence-electron chi connectivity index (χ4n) is 1.65. The van der Waals surface area contributed by atoms with Crippen molar-refractivity contribution in [2.24, 2.45) is 0 Å². The molecular weight excluding hydrogens is 251 g/mol. The molecule has 1 radical (unpaired) electrons. The fourth-order valence-corrected chi connectivity index (χ4v) is 2.34. The molecule has 0 fully saturated rings. The van der Waals surface area contributed by atoms with E-state index in [1.54, 1.807) is 18.2 Å². The zero-order valence-electron chi connectivity index (χ0n) is 9.14. The van der Waals surface area contributed by atoms with Crippen molar-refractivity contribution in [3.63, 3.8) is 0 Å². The van der Waals surface area contributed by atoms with Gasteiger partial charge >= 0.3 is 0 Å². The Kier molecular flexibility index (Phi) is 4.71. The SMILES string of the molecule is Cc1ccc(S(=O)(=O)O)c2ccccc12.[K]. The largest absolute Gasteiger partial charge is 0.295 e. The second-order valence-corrected chi connectivity index (χ2v) is 4.79. The third-order valence-corrected chi connectivity index (χ3v) is 3.29. The summed E-state index contributed by atoms with van der Waals surface area (Å²) in [7, 11) is -4.15. The van der Waals surface area contributed by atoms with Gasteiger partial charge in [0, 0.05) is 56.8 Å². The predicted octanol–water partition coefficient (Wildman–Crippen LogP) is 2.01. The van der Waals surface area contributed by atoms with Gasteiger partial charge in [-0.05, 0) is 23.9 Å². The molecular formula is C11H10KO3S. The van der Waals surface area contributed by atoms with Crippen LogP contribution in [0.3, 0.4) is 0 Å². The van der Waals surface area contributed by atoms with Crippen LogP contribution in [0.2, 0.25) is 0 Å². The van der Waals surface area contributed by atoms with Gasteiger partial charge in [0.2, 0.25) is 0 Å². The first-order valence-corrected chi connectivity index (χ1v) is 5.90. The normalized spacial score (nSPS) is 11.1. The average Bonchev–Trinajstić information content (AvgIpc) is 2.17. The molecule has 3 nitrogen and oxygen atoms in total. The van der Waals surface area contributed by atoms with Crippen LogP contribution < -0.4 is 0 Å². The summed E-state index contributed by atoms with van der Waals surface area (Å²) in [5.41, 5.74) is 0.984. The van der Waals surface area contributed by atoms with Gasteiger partial charge in [0.15, 0.2) is 0 Å². The van der Waals surface area contributed by atoms with E-state index in [1.165, 1.54) is 6.07 Å². The maximum Gasteiger partial charge on any atom is 0.295 e. The van der Waals surface area contributed by atoms with Crippen LogP contribution in [0.15, 0.2) is 41.3 Å². The fraction of sp³-hybridized carbons (Fsp3) is 0.0909. The first-order valence-electron chi connectivity index (χ1n) is 4.46. The summed E-state index contributed by atoms with van der Waals surface area (Å²) in [6.07, 6.45) is 0. The molecule has 1 N–H and O–H groups in total. The van der Waals surface area contributed by atoms with Crippen LogP contribution in [0.1, 0.15) is 5.56 Å². The second-order valence-electron chi connectivity index (χ2n) is 3.40. The molecule has 0 heterocycles. The summed E-state index contributed by atoms with van der Waals surface area (Å²) >= 11 is 0. The number of hydrogen-bond acceptors (Lipinski definition) is 2. The Balaban J connectivity index is 0.00000128. The van der Waals surface area contributed by atoms with Gasteiger partial charge in [0.1, 0.15) is 4.90 Å². The molecule has 0 aliphatic rings. The van der Waals surface area contributed by atoms with Crippen molar-refractivity contribution >= 4 is 72.3 Å². The van der Waals surface area contributed by atoms with Gasteiger partial charge < -0.3 is 0 Å². The van der Waals surface area contributed by atoms with E-state index in [4.69, 9.17) is 4.55 Å². The first kappa shape index (κ1) is 14.3. The zero-order valence-corrected chi connectivity index (χ0v) is 13.1. The summed E-state index contributed by atoms with van der Waals surface area (Å²) < 4.78 is 31.3. The van der Waals surface area contributed by atoms with Crippen molar-refractivity contribution in [2.45, 2.75) is 11.8 Å². The van der Waals surface area contributed by atoms with E-state index in [9.17, 15) is 8.42 Å². The van der Waals surface area contributed by atoms with Crippen LogP contribution in [0.25, 0.3) is 10.8 Å². The monoisotopic (exact) mass is 261 g/mol. The average molecular weight is 261 g/mol. The maximum atomic E-state index is 11.1. The van der Waals surface area contributed by atoms with E-state index in [1.807, 2.05) is 19.1 Å². The van der Waals surface area contributed by atoms with E-state index < -0.39 is 10.1 Å². The molecule has 2 aromatic rings. The summed E-state index contributed by atoms with van der Waals surface area (Å²) in [5.74, 6) is 0. The minimum Gasteiger partial charge on any atom is -0.282 e. The van der Waals surface area contributed by atoms with Crippen molar-refractivity contribution in [1.29, 1.82) is 0 Å². The van der Waals surface area contributed by atoms with E-state index in [0.717, 1.165) is 10.9 Å². The Morgan fingerprint density at radius 2 is 1.56 bits per heavy atom. The molecule has 5 heteroatoms. The van der Waals surface area contributed by atoms with E-state index in [-0.39, 0.29) is 56.3 Å². The topological polar surface area (TPSA) is 54.4 Å². The number of benzene rings is 2. The Bertz CT molecular complexity index is 620. The molecule has 16 heavy (non-hydrogen) atoms. The van der Waals surface area contributed by atoms with Gasteiger partial charge in [-0.1, -0.05) is 30.3 Å². The second kappa shape index (κ2) is 5.26. The molecule has 0 amide bonds. The van der Waals surface area contributed by atoms with Crippen LogP contribution in [0.4, 0.5) is 0 Å². The third-order valence-electron chi connectivity index (χ3n) is 2.38. The van der Waals surface area contributed by atoms with E-state index in [2.05, 4.69) is 0 Å². The number of fused-ring (bicyclic) bond motifs is 1. The summed E-state index contributed by atoms with van der Waals surface area (Å²) in [6.45, 7) is 1.90. The number of aryl methyl sites for hydroxylation is 1. The molecule has 0 aliphatic heterocycles. The molecule has 2 rings (SSSR count). The summed E-state index contributed by atoms with van der Waals surface area (Å²) in [5, 5.41) is 1.40.